The lowest BCUT2D eigenvalue weighted by Crippen LogP contribution is -2.30. The molecule has 25 heavy (non-hydrogen) atoms. The second-order valence-corrected chi connectivity index (χ2v) is 6.77. The van der Waals surface area contributed by atoms with Gasteiger partial charge in [-0.15, -0.1) is 11.3 Å². The highest BCUT2D eigenvalue weighted by Gasteiger charge is 2.38. The molecule has 1 aliphatic rings. The summed E-state index contributed by atoms with van der Waals surface area (Å²) in [6.07, 6.45) is 10.6. The van der Waals surface area contributed by atoms with Crippen LogP contribution < -0.4 is 5.73 Å². The molecule has 0 amide bonds. The number of fused-ring (bicyclic) bond motifs is 1. The highest BCUT2D eigenvalue weighted by atomic mass is 32.1. The van der Waals surface area contributed by atoms with Crippen LogP contribution in [0, 0.1) is 0 Å². The Morgan fingerprint density at radius 2 is 2.12 bits per heavy atom. The predicted molar refractivity (Wildman–Crippen MR) is 100 cm³/mol. The average Bonchev–Trinajstić information content (AvgIpc) is 3.29. The second kappa shape index (κ2) is 6.14. The van der Waals surface area contributed by atoms with Crippen molar-refractivity contribution < 1.29 is 4.79 Å². The summed E-state index contributed by atoms with van der Waals surface area (Å²) in [4.78, 5) is 16.1. The van der Waals surface area contributed by atoms with Crippen molar-refractivity contribution in [2.24, 2.45) is 0 Å². The molecule has 0 fully saturated rings. The summed E-state index contributed by atoms with van der Waals surface area (Å²) >= 11 is 1.63. The van der Waals surface area contributed by atoms with Gasteiger partial charge < -0.3 is 5.73 Å². The van der Waals surface area contributed by atoms with Crippen molar-refractivity contribution in [2.75, 3.05) is 5.73 Å². The fourth-order valence-electron chi connectivity index (χ4n) is 3.33. The number of benzene rings is 1. The molecule has 0 saturated carbocycles. The van der Waals surface area contributed by atoms with Crippen LogP contribution in [0.25, 0.3) is 12.3 Å². The Morgan fingerprint density at radius 3 is 2.84 bits per heavy atom. The van der Waals surface area contributed by atoms with Crippen LogP contribution in [-0.4, -0.2) is 21.1 Å². The third-order valence-corrected chi connectivity index (χ3v) is 5.48. The van der Waals surface area contributed by atoms with Gasteiger partial charge in [0.05, 0.1) is 16.6 Å². The lowest BCUT2D eigenvalue weighted by Gasteiger charge is -2.33. The van der Waals surface area contributed by atoms with Gasteiger partial charge >= 0.3 is 0 Å². The van der Waals surface area contributed by atoms with Crippen LogP contribution in [0.15, 0.2) is 54.2 Å². The molecule has 2 N–H and O–H groups in total. The molecule has 1 atom stereocenters. The van der Waals surface area contributed by atoms with E-state index in [0.717, 1.165) is 22.4 Å². The van der Waals surface area contributed by atoms with Gasteiger partial charge in [0.2, 0.25) is 0 Å². The fraction of sp³-hybridized carbons (Fsp3) is 0.105. The smallest absolute Gasteiger partial charge is 0.153 e. The molecule has 5 nitrogen and oxygen atoms in total. The number of nitrogens with two attached hydrogens (primary N) is 1. The first kappa shape index (κ1) is 15.5. The molecule has 6 heteroatoms. The summed E-state index contributed by atoms with van der Waals surface area (Å²) in [5, 5.41) is 4.36. The number of hydrogen-bond donors (Lipinski definition) is 1. The zero-order valence-corrected chi connectivity index (χ0v) is 14.2. The number of nitrogens with zero attached hydrogens (tertiary/aromatic N) is 3. The largest absolute Gasteiger partial charge is 0.382 e. The third kappa shape index (κ3) is 2.51. The number of carbonyl (C=O) groups is 1. The van der Waals surface area contributed by atoms with Gasteiger partial charge in [0.15, 0.2) is 5.82 Å². The van der Waals surface area contributed by atoms with Crippen LogP contribution in [0.4, 0.5) is 5.82 Å². The normalized spacial score (nSPS) is 19.2. The van der Waals surface area contributed by atoms with Crippen LogP contribution in [0.5, 0.6) is 0 Å². The summed E-state index contributed by atoms with van der Waals surface area (Å²) in [5.74, 6) is 0.466. The van der Waals surface area contributed by atoms with Crippen LogP contribution in [0.1, 0.15) is 21.7 Å². The number of thiazole rings is 1. The van der Waals surface area contributed by atoms with Crippen LogP contribution >= 0.6 is 11.3 Å². The number of hydrogen-bond acceptors (Lipinski definition) is 5. The zero-order chi connectivity index (χ0) is 17.3. The van der Waals surface area contributed by atoms with E-state index in [2.05, 4.69) is 28.3 Å². The Morgan fingerprint density at radius 1 is 1.28 bits per heavy atom. The molecule has 0 aliphatic heterocycles. The summed E-state index contributed by atoms with van der Waals surface area (Å²) < 4.78 is 1.70. The molecular formula is C19H16N4OS. The average molecular weight is 348 g/mol. The van der Waals surface area contributed by atoms with E-state index in [1.165, 1.54) is 11.6 Å². The molecule has 4 rings (SSSR count). The predicted octanol–water partition coefficient (Wildman–Crippen LogP) is 3.15. The second-order valence-electron chi connectivity index (χ2n) is 5.88. The molecule has 0 saturated heterocycles. The summed E-state index contributed by atoms with van der Waals surface area (Å²) in [7, 11) is 0. The van der Waals surface area contributed by atoms with Crippen LogP contribution in [0.2, 0.25) is 0 Å². The fourth-order valence-corrected chi connectivity index (χ4v) is 4.15. The quantitative estimate of drug-likeness (QED) is 0.581. The van der Waals surface area contributed by atoms with Crippen molar-refractivity contribution in [1.82, 2.24) is 14.8 Å². The third-order valence-electron chi connectivity index (χ3n) is 4.53. The lowest BCUT2D eigenvalue weighted by atomic mass is 9.72. The van der Waals surface area contributed by atoms with E-state index in [4.69, 9.17) is 5.73 Å². The van der Waals surface area contributed by atoms with Gasteiger partial charge in [-0.3, -0.25) is 9.78 Å². The molecule has 1 aromatic carbocycles. The zero-order valence-electron chi connectivity index (χ0n) is 13.4. The molecule has 0 bridgehead atoms. The van der Waals surface area contributed by atoms with E-state index in [1.807, 2.05) is 36.0 Å². The number of rotatable bonds is 4. The highest BCUT2D eigenvalue weighted by Crippen LogP contribution is 2.43. The Balaban J connectivity index is 1.91. The molecule has 3 aromatic rings. The Kier molecular flexibility index (Phi) is 3.82. The van der Waals surface area contributed by atoms with Crippen molar-refractivity contribution in [3.05, 3.63) is 75.9 Å². The topological polar surface area (TPSA) is 73.8 Å². The minimum absolute atomic E-state index is 0.325. The Hall–Kier alpha value is -2.99. The molecule has 0 spiro atoms. The Bertz CT molecular complexity index is 957. The van der Waals surface area contributed by atoms with Crippen molar-refractivity contribution in [1.29, 1.82) is 0 Å². The van der Waals surface area contributed by atoms with E-state index in [1.54, 1.807) is 22.2 Å². The van der Waals surface area contributed by atoms with Crippen molar-refractivity contribution >= 4 is 35.7 Å². The van der Waals surface area contributed by atoms with E-state index in [0.29, 0.717) is 12.2 Å². The van der Waals surface area contributed by atoms with Gasteiger partial charge in [-0.1, -0.05) is 42.5 Å². The first-order valence-corrected chi connectivity index (χ1v) is 8.75. The summed E-state index contributed by atoms with van der Waals surface area (Å²) in [5.41, 5.74) is 10.7. The van der Waals surface area contributed by atoms with E-state index >= 15 is 0 Å². The number of nitrogen functional groups attached to an aromatic ring is 1. The van der Waals surface area contributed by atoms with Gasteiger partial charge in [-0.2, -0.15) is 5.10 Å². The van der Waals surface area contributed by atoms with E-state index < -0.39 is 0 Å². The monoisotopic (exact) mass is 348 g/mol. The number of anilines is 1. The number of carbonyl (C=O) groups excluding carboxylic acids is 1. The maximum atomic E-state index is 10.7. The highest BCUT2D eigenvalue weighted by molar-refractivity contribution is 7.09. The first-order valence-electron chi connectivity index (χ1n) is 7.87. The lowest BCUT2D eigenvalue weighted by molar-refractivity contribution is -0.104. The maximum absolute atomic E-state index is 10.7. The van der Waals surface area contributed by atoms with Gasteiger partial charge in [-0.25, -0.2) is 4.68 Å². The summed E-state index contributed by atoms with van der Waals surface area (Å²) in [6, 6.07) is 10.3. The minimum atomic E-state index is -0.325. The SMILES string of the molecule is Nc1nn(C=CC=O)c2c1C=CC(c1ccccc1)(c1cncs1)C2. The van der Waals surface area contributed by atoms with Crippen LogP contribution in [0.3, 0.4) is 0 Å². The molecule has 1 aliphatic carbocycles. The standard InChI is InChI=1S/C19H16N4OS/c20-18-15-7-8-19(17-12-21-13-25-17,14-5-2-1-3-6-14)11-16(15)23(22-18)9-4-10-24/h1-10,12-13H,11H2,(H2,20,22). The number of aldehydes is 1. The molecular weight excluding hydrogens is 332 g/mol. The van der Waals surface area contributed by atoms with Gasteiger partial charge in [0, 0.05) is 29.3 Å². The molecule has 0 radical (unpaired) electrons. The van der Waals surface area contributed by atoms with Gasteiger partial charge in [0.1, 0.15) is 6.29 Å². The van der Waals surface area contributed by atoms with Crippen molar-refractivity contribution in [3.63, 3.8) is 0 Å². The first-order chi connectivity index (χ1) is 12.2. The summed E-state index contributed by atoms with van der Waals surface area (Å²) in [6.45, 7) is 0. The molecule has 1 unspecified atom stereocenters. The van der Waals surface area contributed by atoms with Crippen molar-refractivity contribution in [3.8, 4) is 0 Å². The molecule has 2 heterocycles. The Labute approximate surface area is 149 Å². The minimum Gasteiger partial charge on any atom is -0.382 e. The van der Waals surface area contributed by atoms with Crippen LogP contribution in [-0.2, 0) is 16.6 Å². The van der Waals surface area contributed by atoms with Gasteiger partial charge in [0.25, 0.3) is 0 Å². The maximum Gasteiger partial charge on any atom is 0.153 e. The van der Waals surface area contributed by atoms with Gasteiger partial charge in [-0.05, 0) is 11.6 Å². The van der Waals surface area contributed by atoms with Crippen molar-refractivity contribution in [2.45, 2.75) is 11.8 Å². The van der Waals surface area contributed by atoms with E-state index in [9.17, 15) is 4.79 Å². The number of allylic oxidation sites excluding steroid dienone is 2. The molecule has 124 valence electrons. The number of aromatic nitrogens is 3. The molecule has 2 aromatic heterocycles. The van der Waals surface area contributed by atoms with E-state index in [-0.39, 0.29) is 5.41 Å².